The number of aromatic nitrogens is 1. The Kier molecular flexibility index (Phi) is 6.18. The first-order chi connectivity index (χ1) is 12.3. The van der Waals surface area contributed by atoms with E-state index in [1.165, 1.54) is 0 Å². The van der Waals surface area contributed by atoms with E-state index < -0.39 is 0 Å². The zero-order valence-electron chi connectivity index (χ0n) is 14.9. The molecule has 1 atom stereocenters. The van der Waals surface area contributed by atoms with Crippen molar-refractivity contribution in [3.63, 3.8) is 0 Å². The second-order valence-electron chi connectivity index (χ2n) is 6.77. The molecule has 4 heteroatoms. The van der Waals surface area contributed by atoms with Crippen molar-refractivity contribution in [3.8, 4) is 0 Å². The van der Waals surface area contributed by atoms with Gasteiger partial charge in [0.15, 0.2) is 0 Å². The lowest BCUT2D eigenvalue weighted by molar-refractivity contribution is -0.122. The van der Waals surface area contributed by atoms with Crippen LogP contribution in [0.5, 0.6) is 0 Å². The summed E-state index contributed by atoms with van der Waals surface area (Å²) in [4.78, 5) is 19.2. The van der Waals surface area contributed by atoms with Crippen LogP contribution in [-0.2, 0) is 4.79 Å². The van der Waals surface area contributed by atoms with Crippen LogP contribution in [0.2, 0.25) is 0 Å². The summed E-state index contributed by atoms with van der Waals surface area (Å²) in [6, 6.07) is 14.0. The highest BCUT2D eigenvalue weighted by atomic mass is 16.1. The molecule has 1 aromatic heterocycles. The van der Waals surface area contributed by atoms with Crippen LogP contribution in [0.3, 0.4) is 0 Å². The van der Waals surface area contributed by atoms with Gasteiger partial charge in [0, 0.05) is 18.8 Å². The van der Waals surface area contributed by atoms with Gasteiger partial charge >= 0.3 is 0 Å². The van der Waals surface area contributed by atoms with E-state index in [1.54, 1.807) is 12.4 Å². The molecule has 0 spiro atoms. The van der Waals surface area contributed by atoms with E-state index in [2.05, 4.69) is 34.3 Å². The molecule has 2 aromatic rings. The van der Waals surface area contributed by atoms with Crippen LogP contribution in [0.25, 0.3) is 0 Å². The Bertz CT molecular complexity index is 612. The minimum atomic E-state index is -0.118. The SMILES string of the molecule is CCN1CCC(CC(=O)NC(c2ccccc2)c2ccncc2)CC1. The predicted octanol–water partition coefficient (Wildman–Crippen LogP) is 3.41. The average molecular weight is 337 g/mol. The molecular weight excluding hydrogens is 310 g/mol. The molecule has 0 bridgehead atoms. The van der Waals surface area contributed by atoms with Crippen molar-refractivity contribution in [2.45, 2.75) is 32.2 Å². The normalized spacial score (nSPS) is 17.2. The lowest BCUT2D eigenvalue weighted by Gasteiger charge is -2.31. The first-order valence-corrected chi connectivity index (χ1v) is 9.23. The van der Waals surface area contributed by atoms with Crippen molar-refractivity contribution in [2.75, 3.05) is 19.6 Å². The van der Waals surface area contributed by atoms with Crippen LogP contribution in [-0.4, -0.2) is 35.4 Å². The molecule has 0 saturated carbocycles. The van der Waals surface area contributed by atoms with Gasteiger partial charge in [-0.1, -0.05) is 37.3 Å². The van der Waals surface area contributed by atoms with Crippen LogP contribution >= 0.6 is 0 Å². The summed E-state index contributed by atoms with van der Waals surface area (Å²) >= 11 is 0. The first kappa shape index (κ1) is 17.6. The van der Waals surface area contributed by atoms with Crippen LogP contribution in [0.1, 0.15) is 43.4 Å². The Hall–Kier alpha value is -2.20. The second-order valence-corrected chi connectivity index (χ2v) is 6.77. The monoisotopic (exact) mass is 337 g/mol. The van der Waals surface area contributed by atoms with Crippen molar-refractivity contribution < 1.29 is 4.79 Å². The predicted molar refractivity (Wildman–Crippen MR) is 100 cm³/mol. The Morgan fingerprint density at radius 1 is 1.12 bits per heavy atom. The molecule has 25 heavy (non-hydrogen) atoms. The molecule has 0 radical (unpaired) electrons. The summed E-state index contributed by atoms with van der Waals surface area (Å²) in [6.07, 6.45) is 6.40. The van der Waals surface area contributed by atoms with Gasteiger partial charge in [0.25, 0.3) is 0 Å². The van der Waals surface area contributed by atoms with E-state index in [0.29, 0.717) is 12.3 Å². The first-order valence-electron chi connectivity index (χ1n) is 9.23. The smallest absolute Gasteiger partial charge is 0.221 e. The van der Waals surface area contributed by atoms with Gasteiger partial charge in [-0.2, -0.15) is 0 Å². The number of hydrogen-bond acceptors (Lipinski definition) is 3. The highest BCUT2D eigenvalue weighted by molar-refractivity contribution is 5.77. The number of pyridine rings is 1. The number of carbonyl (C=O) groups excluding carboxylic acids is 1. The molecule has 1 unspecified atom stereocenters. The fourth-order valence-corrected chi connectivity index (χ4v) is 3.55. The summed E-state index contributed by atoms with van der Waals surface area (Å²) in [6.45, 7) is 5.53. The van der Waals surface area contributed by atoms with Crippen LogP contribution in [0.15, 0.2) is 54.9 Å². The van der Waals surface area contributed by atoms with Crippen LogP contribution in [0, 0.1) is 5.92 Å². The van der Waals surface area contributed by atoms with E-state index >= 15 is 0 Å². The fourth-order valence-electron chi connectivity index (χ4n) is 3.55. The third-order valence-electron chi connectivity index (χ3n) is 5.11. The molecule has 1 amide bonds. The maximum atomic E-state index is 12.7. The Morgan fingerprint density at radius 2 is 1.76 bits per heavy atom. The third-order valence-corrected chi connectivity index (χ3v) is 5.11. The summed E-state index contributed by atoms with van der Waals surface area (Å²) in [7, 11) is 0. The largest absolute Gasteiger partial charge is 0.345 e. The van der Waals surface area contributed by atoms with Gasteiger partial charge in [0.2, 0.25) is 5.91 Å². The molecule has 1 aromatic carbocycles. The summed E-state index contributed by atoms with van der Waals surface area (Å²) in [5.41, 5.74) is 2.17. The van der Waals surface area contributed by atoms with Gasteiger partial charge in [-0.25, -0.2) is 0 Å². The van der Waals surface area contributed by atoms with E-state index in [4.69, 9.17) is 0 Å². The van der Waals surface area contributed by atoms with Crippen molar-refractivity contribution in [2.24, 2.45) is 5.92 Å². The Labute approximate surface area is 150 Å². The number of piperidine rings is 1. The number of likely N-dealkylation sites (tertiary alicyclic amines) is 1. The molecule has 1 N–H and O–H groups in total. The molecular formula is C21H27N3O. The van der Waals surface area contributed by atoms with Crippen molar-refractivity contribution in [1.82, 2.24) is 15.2 Å². The van der Waals surface area contributed by atoms with Gasteiger partial charge in [-0.15, -0.1) is 0 Å². The average Bonchev–Trinajstić information content (AvgIpc) is 2.68. The third kappa shape index (κ3) is 4.89. The lowest BCUT2D eigenvalue weighted by Crippen LogP contribution is -2.36. The Balaban J connectivity index is 1.65. The van der Waals surface area contributed by atoms with Gasteiger partial charge in [-0.05, 0) is 61.7 Å². The number of amides is 1. The quantitative estimate of drug-likeness (QED) is 0.878. The summed E-state index contributed by atoms with van der Waals surface area (Å²) in [5.74, 6) is 0.636. The van der Waals surface area contributed by atoms with Gasteiger partial charge in [0.1, 0.15) is 0 Å². The molecule has 4 nitrogen and oxygen atoms in total. The molecule has 132 valence electrons. The standard InChI is InChI=1S/C21H27N3O/c1-2-24-14-10-17(11-15-24)16-20(25)23-21(18-6-4-3-5-7-18)19-8-12-22-13-9-19/h3-9,12-13,17,21H,2,10-11,14-16H2,1H3,(H,23,25). The summed E-state index contributed by atoms with van der Waals surface area (Å²) < 4.78 is 0. The molecule has 3 rings (SSSR count). The molecule has 1 aliphatic heterocycles. The van der Waals surface area contributed by atoms with Gasteiger partial charge in [-0.3, -0.25) is 9.78 Å². The number of benzene rings is 1. The minimum absolute atomic E-state index is 0.118. The van der Waals surface area contributed by atoms with Gasteiger partial charge < -0.3 is 10.2 Å². The fraction of sp³-hybridized carbons (Fsp3) is 0.429. The minimum Gasteiger partial charge on any atom is -0.345 e. The maximum Gasteiger partial charge on any atom is 0.221 e. The maximum absolute atomic E-state index is 12.7. The van der Waals surface area contributed by atoms with Crippen molar-refractivity contribution in [1.29, 1.82) is 0 Å². The number of carbonyl (C=O) groups is 1. The van der Waals surface area contributed by atoms with Crippen molar-refractivity contribution in [3.05, 3.63) is 66.0 Å². The van der Waals surface area contributed by atoms with E-state index in [1.807, 2.05) is 30.3 Å². The van der Waals surface area contributed by atoms with Crippen LogP contribution < -0.4 is 5.32 Å². The highest BCUT2D eigenvalue weighted by Crippen LogP contribution is 2.24. The molecule has 1 fully saturated rings. The molecule has 0 aliphatic carbocycles. The van der Waals surface area contributed by atoms with E-state index in [0.717, 1.165) is 43.6 Å². The molecule has 1 saturated heterocycles. The zero-order valence-corrected chi connectivity index (χ0v) is 14.9. The highest BCUT2D eigenvalue weighted by Gasteiger charge is 2.23. The summed E-state index contributed by atoms with van der Waals surface area (Å²) in [5, 5.41) is 3.24. The number of nitrogens with one attached hydrogen (secondary N) is 1. The molecule has 2 heterocycles. The van der Waals surface area contributed by atoms with Crippen LogP contribution in [0.4, 0.5) is 0 Å². The van der Waals surface area contributed by atoms with Crippen molar-refractivity contribution >= 4 is 5.91 Å². The van der Waals surface area contributed by atoms with E-state index in [9.17, 15) is 4.79 Å². The Morgan fingerprint density at radius 3 is 2.40 bits per heavy atom. The lowest BCUT2D eigenvalue weighted by atomic mass is 9.92. The van der Waals surface area contributed by atoms with E-state index in [-0.39, 0.29) is 11.9 Å². The number of rotatable bonds is 6. The second kappa shape index (κ2) is 8.77. The zero-order chi connectivity index (χ0) is 17.5. The molecule has 1 aliphatic rings. The number of hydrogen-bond donors (Lipinski definition) is 1. The van der Waals surface area contributed by atoms with Gasteiger partial charge in [0.05, 0.1) is 6.04 Å². The topological polar surface area (TPSA) is 45.2 Å². The number of nitrogens with zero attached hydrogens (tertiary/aromatic N) is 2.